The van der Waals surface area contributed by atoms with Crippen LogP contribution in [0.25, 0.3) is 0 Å². The molecule has 0 radical (unpaired) electrons. The number of rotatable bonds is 2. The number of nitrogens with zero attached hydrogens (tertiary/aromatic N) is 1. The summed E-state index contributed by atoms with van der Waals surface area (Å²) in [4.78, 5) is 26.0. The molecule has 0 amide bonds. The van der Waals surface area contributed by atoms with Crippen LogP contribution in [0.5, 0.6) is 0 Å². The number of carbonyl (C=O) groups is 2. The molecule has 0 fully saturated rings. The monoisotopic (exact) mass is 840 g/mol. The van der Waals surface area contributed by atoms with Gasteiger partial charge in [-0.1, -0.05) is 5.57 Å². The quantitative estimate of drug-likeness (QED) is 0.115. The number of hydrogen-bond acceptors (Lipinski definition) is 16. The van der Waals surface area contributed by atoms with Gasteiger partial charge in [-0.15, -0.1) is 0 Å². The Morgan fingerprint density at radius 2 is 1.17 bits per heavy atom. The minimum absolute atomic E-state index is 0. The van der Waals surface area contributed by atoms with Crippen LogP contribution in [0.4, 0.5) is 26.3 Å². The Labute approximate surface area is 245 Å². The summed E-state index contributed by atoms with van der Waals surface area (Å²) in [5.74, 6) is -1.71. The van der Waals surface area contributed by atoms with Crippen LogP contribution >= 0.6 is 0 Å². The summed E-state index contributed by atoms with van der Waals surface area (Å²) in [7, 11) is -7.58. The third kappa shape index (κ3) is 15.2. The standard InChI is InChI=1S/C14H19NO4.2CHF3O3S.5H3N.Os/c1-8-7-10(13(16)18-3)11(14(17)19-4)12-9(8)5-6-15(12)2;2*2-1(3,4)8(5,6)7;;;;;;/h5-6,10-12H,7H2,1-4H3;2*(H,5,6,7);5*1H3;/q;;;;;;;;+2/p-2. The summed E-state index contributed by atoms with van der Waals surface area (Å²) in [6.07, 6.45) is 4.47. The smallest absolute Gasteiger partial charge is 0.741 e. The second kappa shape index (κ2) is 20.0. The molecule has 3 unspecified atom stereocenters. The molecule has 2 aliphatic rings. The SMILES string of the molecule is COC(=O)C1CC(C)=C2C=CN(C)C2C1C(=O)OC.N.N.N.N.N.O=S(=O)([O-])C(F)(F)F.O=S(=O)([O-])C(F)(F)F.[Os+2]. The largest absolute Gasteiger partial charge is 2.00 e. The van der Waals surface area contributed by atoms with Crippen molar-refractivity contribution in [2.45, 2.75) is 30.4 Å². The van der Waals surface area contributed by atoms with Crippen LogP contribution in [-0.2, 0) is 59.1 Å². The maximum absolute atomic E-state index is 12.1. The van der Waals surface area contributed by atoms with Crippen molar-refractivity contribution < 1.29 is 91.1 Å². The van der Waals surface area contributed by atoms with E-state index in [2.05, 4.69) is 0 Å². The number of carbonyl (C=O) groups excluding carboxylic acids is 2. The van der Waals surface area contributed by atoms with E-state index in [9.17, 15) is 35.9 Å². The molecule has 1 aliphatic heterocycles. The summed E-state index contributed by atoms with van der Waals surface area (Å²) in [6, 6.07) is -0.134. The van der Waals surface area contributed by atoms with Crippen LogP contribution in [0.1, 0.15) is 13.3 Å². The topological polar surface area (TPSA) is 345 Å². The molecular formula is C16H34F6N6O10OsS2. The predicted molar refractivity (Wildman–Crippen MR) is 126 cm³/mol. The first-order valence-electron chi connectivity index (χ1n) is 8.81. The second-order valence-corrected chi connectivity index (χ2v) is 9.59. The van der Waals surface area contributed by atoms with Crippen molar-refractivity contribution in [1.29, 1.82) is 0 Å². The maximum Gasteiger partial charge on any atom is 2.00 e. The Balaban J connectivity index is -0.0000000907. The number of esters is 2. The van der Waals surface area contributed by atoms with Crippen LogP contribution in [0.2, 0.25) is 0 Å². The average molecular weight is 839 g/mol. The van der Waals surface area contributed by atoms with Crippen LogP contribution in [0, 0.1) is 11.8 Å². The molecule has 250 valence electrons. The average Bonchev–Trinajstić information content (AvgIpc) is 3.07. The zero-order valence-corrected chi connectivity index (χ0v) is 26.3. The molecule has 0 saturated heterocycles. The summed E-state index contributed by atoms with van der Waals surface area (Å²) in [5.41, 5.74) is -9.06. The second-order valence-electron chi connectivity index (χ2n) is 6.84. The first-order chi connectivity index (χ1) is 15.5. The van der Waals surface area contributed by atoms with Gasteiger partial charge in [0.2, 0.25) is 0 Å². The summed E-state index contributed by atoms with van der Waals surface area (Å²) in [5, 5.41) is 0. The van der Waals surface area contributed by atoms with Gasteiger partial charge in [-0.25, -0.2) is 16.8 Å². The molecule has 16 nitrogen and oxygen atoms in total. The Kier molecular flexibility index (Phi) is 26.9. The van der Waals surface area contributed by atoms with E-state index in [0.717, 1.165) is 11.1 Å². The molecule has 0 bridgehead atoms. The van der Waals surface area contributed by atoms with Gasteiger partial charge in [0.05, 0.1) is 32.1 Å². The van der Waals surface area contributed by atoms with Crippen molar-refractivity contribution >= 4 is 32.2 Å². The molecule has 15 N–H and O–H groups in total. The number of hydrogen-bond donors (Lipinski definition) is 5. The van der Waals surface area contributed by atoms with Gasteiger partial charge in [0.25, 0.3) is 0 Å². The fraction of sp³-hybridized carbons (Fsp3) is 0.625. The van der Waals surface area contributed by atoms with E-state index >= 15 is 0 Å². The van der Waals surface area contributed by atoms with Crippen LogP contribution in [0.3, 0.4) is 0 Å². The van der Waals surface area contributed by atoms with Crippen molar-refractivity contribution in [2.24, 2.45) is 11.8 Å². The molecular weight excluding hydrogens is 805 g/mol. The van der Waals surface area contributed by atoms with E-state index in [-0.39, 0.29) is 68.5 Å². The van der Waals surface area contributed by atoms with Crippen molar-refractivity contribution in [2.75, 3.05) is 21.3 Å². The molecule has 0 saturated carbocycles. The number of halogens is 6. The van der Waals surface area contributed by atoms with E-state index in [0.29, 0.717) is 6.42 Å². The van der Waals surface area contributed by atoms with E-state index in [1.807, 2.05) is 31.1 Å². The van der Waals surface area contributed by atoms with Gasteiger partial charge in [0.1, 0.15) is 0 Å². The van der Waals surface area contributed by atoms with Gasteiger partial charge in [-0.05, 0) is 31.2 Å². The molecule has 1 heterocycles. The molecule has 0 spiro atoms. The molecule has 25 heteroatoms. The fourth-order valence-corrected chi connectivity index (χ4v) is 3.06. The predicted octanol–water partition coefficient (Wildman–Crippen LogP) is 2.02. The molecule has 2 rings (SSSR count). The summed E-state index contributed by atoms with van der Waals surface area (Å²) in [6.45, 7) is 2.00. The van der Waals surface area contributed by atoms with Crippen molar-refractivity contribution in [3.8, 4) is 0 Å². The van der Waals surface area contributed by atoms with Gasteiger partial charge in [-0.3, -0.25) is 9.59 Å². The Hall–Kier alpha value is -1.94. The Morgan fingerprint density at radius 3 is 1.44 bits per heavy atom. The van der Waals surface area contributed by atoms with Gasteiger partial charge >= 0.3 is 42.7 Å². The number of allylic oxidation sites excluding steroid dienone is 1. The van der Waals surface area contributed by atoms with Gasteiger partial charge in [0, 0.05) is 7.05 Å². The number of alkyl halides is 6. The number of likely N-dealkylation sites (N-methyl/N-ethyl adjacent to an activating group) is 1. The van der Waals surface area contributed by atoms with Crippen LogP contribution in [-0.4, -0.2) is 81.1 Å². The normalized spacial score (nSPS) is 19.0. The minimum atomic E-state index is -6.09. The van der Waals surface area contributed by atoms with E-state index in [1.165, 1.54) is 14.2 Å². The maximum atomic E-state index is 12.1. The van der Waals surface area contributed by atoms with E-state index in [1.54, 1.807) is 0 Å². The Morgan fingerprint density at radius 1 is 0.854 bits per heavy atom. The zero-order chi connectivity index (χ0) is 28.2. The summed E-state index contributed by atoms with van der Waals surface area (Å²) >= 11 is 0. The fourth-order valence-electron chi connectivity index (χ4n) is 3.06. The number of ether oxygens (including phenoxy) is 2. The molecule has 0 aromatic heterocycles. The molecule has 0 aromatic rings. The molecule has 1 aliphatic carbocycles. The first-order valence-corrected chi connectivity index (χ1v) is 11.6. The van der Waals surface area contributed by atoms with Crippen molar-refractivity contribution in [1.82, 2.24) is 35.7 Å². The van der Waals surface area contributed by atoms with Gasteiger partial charge in [0.15, 0.2) is 20.2 Å². The molecule has 0 aromatic carbocycles. The third-order valence-electron chi connectivity index (χ3n) is 4.58. The van der Waals surface area contributed by atoms with Crippen molar-refractivity contribution in [3.05, 3.63) is 23.4 Å². The number of fused-ring (bicyclic) bond motifs is 1. The molecule has 3 atom stereocenters. The van der Waals surface area contributed by atoms with E-state index in [4.69, 9.17) is 35.4 Å². The number of methoxy groups -OCH3 is 2. The van der Waals surface area contributed by atoms with Gasteiger partial charge < -0.3 is 54.2 Å². The first kappa shape index (κ1) is 55.0. The minimum Gasteiger partial charge on any atom is -0.741 e. The molecule has 41 heavy (non-hydrogen) atoms. The Bertz CT molecular complexity index is 1050. The van der Waals surface area contributed by atoms with Crippen LogP contribution < -0.4 is 30.8 Å². The van der Waals surface area contributed by atoms with Crippen LogP contribution in [0.15, 0.2) is 23.4 Å². The summed E-state index contributed by atoms with van der Waals surface area (Å²) < 4.78 is 128. The van der Waals surface area contributed by atoms with Crippen molar-refractivity contribution in [3.63, 3.8) is 0 Å². The van der Waals surface area contributed by atoms with E-state index < -0.39 is 43.1 Å². The van der Waals surface area contributed by atoms with Gasteiger partial charge in [-0.2, -0.15) is 26.3 Å². The third-order valence-corrected chi connectivity index (χ3v) is 5.72. The zero-order valence-electron chi connectivity index (χ0n) is 22.1.